The third kappa shape index (κ3) is 4.85. The largest absolute Gasteiger partial charge is 0.462 e. The van der Waals surface area contributed by atoms with Crippen LogP contribution in [0, 0.1) is 12.4 Å². The van der Waals surface area contributed by atoms with Crippen LogP contribution in [0.2, 0.25) is 0 Å². The van der Waals surface area contributed by atoms with Gasteiger partial charge in [0.25, 0.3) is 0 Å². The number of carbonyl (C=O) groups is 1. The van der Waals surface area contributed by atoms with Gasteiger partial charge in [0, 0.05) is 49.8 Å². The van der Waals surface area contributed by atoms with Crippen molar-refractivity contribution in [2.75, 3.05) is 58.3 Å². The zero-order valence-corrected chi connectivity index (χ0v) is 24.0. The minimum atomic E-state index is -0.468. The van der Waals surface area contributed by atoms with E-state index in [0.29, 0.717) is 51.3 Å². The number of rotatable bonds is 6. The fourth-order valence-corrected chi connectivity index (χ4v) is 7.33. The summed E-state index contributed by atoms with van der Waals surface area (Å²) in [5.41, 5.74) is 3.30. The molecule has 6 rings (SSSR count). The SMILES string of the molecule is [C-]#[N+]C[C@H]1CN(c2nc(OC[C@@H]3CCCN3C)nc3c2CN(C)C2(CCc4cccc(F)c42)C3)CCN1C(=O)C=C. The van der Waals surface area contributed by atoms with Crippen LogP contribution in [-0.2, 0) is 29.7 Å². The molecule has 1 aromatic carbocycles. The highest BCUT2D eigenvalue weighted by Crippen LogP contribution is 2.49. The van der Waals surface area contributed by atoms with E-state index in [1.54, 1.807) is 17.0 Å². The second-order valence-electron chi connectivity index (χ2n) is 11.9. The summed E-state index contributed by atoms with van der Waals surface area (Å²) in [6, 6.07) is 5.80. The van der Waals surface area contributed by atoms with Crippen molar-refractivity contribution in [2.45, 2.75) is 56.3 Å². The van der Waals surface area contributed by atoms with Crippen LogP contribution in [0.4, 0.5) is 10.2 Å². The lowest BCUT2D eigenvalue weighted by atomic mass is 9.80. The lowest BCUT2D eigenvalue weighted by Crippen LogP contribution is -2.56. The van der Waals surface area contributed by atoms with E-state index in [9.17, 15) is 4.79 Å². The first-order chi connectivity index (χ1) is 19.8. The molecule has 10 heteroatoms. The molecule has 1 aromatic heterocycles. The van der Waals surface area contributed by atoms with Crippen LogP contribution in [0.3, 0.4) is 0 Å². The van der Waals surface area contributed by atoms with Crippen LogP contribution in [0.1, 0.15) is 41.6 Å². The molecule has 2 saturated heterocycles. The highest BCUT2D eigenvalue weighted by atomic mass is 19.1. The number of hydrogen-bond donors (Lipinski definition) is 0. The topological polar surface area (TPSA) is 69.4 Å². The minimum absolute atomic E-state index is 0.156. The van der Waals surface area contributed by atoms with Crippen molar-refractivity contribution in [2.24, 2.45) is 0 Å². The maximum Gasteiger partial charge on any atom is 0.318 e. The average Bonchev–Trinajstić information content (AvgIpc) is 3.56. The van der Waals surface area contributed by atoms with Crippen molar-refractivity contribution in [3.8, 4) is 6.01 Å². The Labute approximate surface area is 241 Å². The van der Waals surface area contributed by atoms with Crippen LogP contribution >= 0.6 is 0 Å². The van der Waals surface area contributed by atoms with E-state index in [0.717, 1.165) is 60.4 Å². The molecule has 0 saturated carbocycles. The molecule has 9 nitrogen and oxygen atoms in total. The van der Waals surface area contributed by atoms with E-state index >= 15 is 4.39 Å². The first-order valence-corrected chi connectivity index (χ1v) is 14.6. The highest BCUT2D eigenvalue weighted by Gasteiger charge is 2.48. The van der Waals surface area contributed by atoms with Crippen molar-refractivity contribution in [3.05, 3.63) is 70.5 Å². The molecule has 4 aliphatic rings. The molecular weight excluding hydrogens is 521 g/mol. The molecule has 0 N–H and O–H groups in total. The van der Waals surface area contributed by atoms with Crippen molar-refractivity contribution < 1.29 is 13.9 Å². The van der Waals surface area contributed by atoms with Gasteiger partial charge in [-0.1, -0.05) is 18.7 Å². The summed E-state index contributed by atoms with van der Waals surface area (Å²) in [6.07, 6.45) is 5.78. The number of benzene rings is 1. The molecule has 2 aromatic rings. The lowest BCUT2D eigenvalue weighted by molar-refractivity contribution is -0.128. The Balaban J connectivity index is 1.37. The Morgan fingerprint density at radius 1 is 1.27 bits per heavy atom. The predicted octanol–water partition coefficient (Wildman–Crippen LogP) is 3.04. The molecule has 1 amide bonds. The maximum atomic E-state index is 15.3. The van der Waals surface area contributed by atoms with E-state index in [1.165, 1.54) is 6.08 Å². The summed E-state index contributed by atoms with van der Waals surface area (Å²) in [5, 5.41) is 0. The molecule has 0 radical (unpaired) electrons. The maximum absolute atomic E-state index is 15.3. The van der Waals surface area contributed by atoms with Crippen LogP contribution in [0.15, 0.2) is 30.9 Å². The molecule has 216 valence electrons. The molecule has 3 aliphatic heterocycles. The quantitative estimate of drug-likeness (QED) is 0.398. The Bertz CT molecular complexity index is 1390. The number of likely N-dealkylation sites (tertiary alicyclic amines) is 1. The number of likely N-dealkylation sites (N-methyl/N-ethyl adjacent to an activating group) is 2. The zero-order valence-electron chi connectivity index (χ0n) is 24.0. The zero-order chi connectivity index (χ0) is 28.7. The molecule has 1 spiro atoms. The third-order valence-electron chi connectivity index (χ3n) is 9.63. The molecule has 2 fully saturated rings. The predicted molar refractivity (Wildman–Crippen MR) is 154 cm³/mol. The van der Waals surface area contributed by atoms with E-state index in [1.807, 2.05) is 6.07 Å². The number of hydrogen-bond acceptors (Lipinski definition) is 7. The Hall–Kier alpha value is -3.55. The van der Waals surface area contributed by atoms with Crippen molar-refractivity contribution in [1.82, 2.24) is 24.7 Å². The summed E-state index contributed by atoms with van der Waals surface area (Å²) < 4.78 is 21.6. The van der Waals surface area contributed by atoms with Crippen LogP contribution in [0.5, 0.6) is 6.01 Å². The van der Waals surface area contributed by atoms with Crippen molar-refractivity contribution in [1.29, 1.82) is 0 Å². The number of aromatic nitrogens is 2. The van der Waals surface area contributed by atoms with Gasteiger partial charge in [0.05, 0.1) is 11.2 Å². The molecule has 3 atom stereocenters. The van der Waals surface area contributed by atoms with E-state index in [4.69, 9.17) is 21.3 Å². The fraction of sp³-hybridized carbons (Fsp3) is 0.548. The van der Waals surface area contributed by atoms with Gasteiger partial charge in [-0.2, -0.15) is 9.97 Å². The van der Waals surface area contributed by atoms with E-state index < -0.39 is 5.54 Å². The van der Waals surface area contributed by atoms with Crippen LogP contribution < -0.4 is 9.64 Å². The number of halogens is 1. The Morgan fingerprint density at radius 3 is 2.88 bits per heavy atom. The number of aryl methyl sites for hydroxylation is 1. The number of fused-ring (bicyclic) bond motifs is 3. The summed E-state index contributed by atoms with van der Waals surface area (Å²) in [6.45, 7) is 15.0. The highest BCUT2D eigenvalue weighted by molar-refractivity contribution is 5.87. The number of carbonyl (C=O) groups excluding carboxylic acids is 1. The van der Waals surface area contributed by atoms with Gasteiger partial charge in [0.2, 0.25) is 12.5 Å². The number of anilines is 1. The standard InChI is InChI=1S/C31H38FN7O2/c1-5-27(40)39-15-14-38(18-23(39)17-33-2)29-24-19-37(4)31(12-11-21-8-6-10-25(32)28(21)31)16-26(24)34-30(35-29)41-20-22-9-7-13-36(22)3/h5-6,8,10,22-23H,1,7,9,11-20H2,3-4H3/t22-,23-,31?/m0/s1. The number of nitrogens with zero attached hydrogens (tertiary/aromatic N) is 7. The molecule has 0 bridgehead atoms. The van der Waals surface area contributed by atoms with E-state index in [-0.39, 0.29) is 24.3 Å². The number of amides is 1. The first-order valence-electron chi connectivity index (χ1n) is 14.6. The number of piperazine rings is 1. The van der Waals surface area contributed by atoms with Crippen molar-refractivity contribution >= 4 is 11.7 Å². The second-order valence-corrected chi connectivity index (χ2v) is 11.9. The first kappa shape index (κ1) is 27.6. The molecule has 1 unspecified atom stereocenters. The summed E-state index contributed by atoms with van der Waals surface area (Å²) in [7, 11) is 4.18. The van der Waals surface area contributed by atoms with E-state index in [2.05, 4.69) is 40.2 Å². The van der Waals surface area contributed by atoms with Gasteiger partial charge in [0.1, 0.15) is 24.3 Å². The summed E-state index contributed by atoms with van der Waals surface area (Å²) >= 11 is 0. The average molecular weight is 560 g/mol. The molecule has 4 heterocycles. The van der Waals surface area contributed by atoms with Gasteiger partial charge < -0.3 is 24.3 Å². The minimum Gasteiger partial charge on any atom is -0.462 e. The number of ether oxygens (including phenoxy) is 1. The third-order valence-corrected chi connectivity index (χ3v) is 9.63. The van der Waals surface area contributed by atoms with Gasteiger partial charge in [-0.15, -0.1) is 0 Å². The second kappa shape index (κ2) is 11.0. The van der Waals surface area contributed by atoms with Gasteiger partial charge in [0.15, 0.2) is 0 Å². The molecular formula is C31H38FN7O2. The normalized spacial score (nSPS) is 26.1. The van der Waals surface area contributed by atoms with Gasteiger partial charge in [-0.05, 0) is 64.0 Å². The Morgan fingerprint density at radius 2 is 2.12 bits per heavy atom. The summed E-state index contributed by atoms with van der Waals surface area (Å²) in [5.74, 6) is 0.477. The van der Waals surface area contributed by atoms with Gasteiger partial charge in [-0.3, -0.25) is 9.69 Å². The monoisotopic (exact) mass is 559 g/mol. The fourth-order valence-electron chi connectivity index (χ4n) is 7.33. The van der Waals surface area contributed by atoms with Crippen LogP contribution in [0.25, 0.3) is 4.85 Å². The van der Waals surface area contributed by atoms with Crippen LogP contribution in [-0.4, -0.2) is 96.1 Å². The smallest absolute Gasteiger partial charge is 0.318 e. The molecule has 41 heavy (non-hydrogen) atoms. The van der Waals surface area contributed by atoms with Gasteiger partial charge in [-0.25, -0.2) is 11.0 Å². The molecule has 1 aliphatic carbocycles. The summed E-state index contributed by atoms with van der Waals surface area (Å²) in [4.78, 5) is 34.6. The lowest BCUT2D eigenvalue weighted by Gasteiger charge is -2.46. The Kier molecular flexibility index (Phi) is 7.43. The van der Waals surface area contributed by atoms with Gasteiger partial charge >= 0.3 is 6.01 Å². The van der Waals surface area contributed by atoms with Crippen molar-refractivity contribution in [3.63, 3.8) is 0 Å².